The van der Waals surface area contributed by atoms with Crippen molar-refractivity contribution in [2.75, 3.05) is 5.32 Å². The highest BCUT2D eigenvalue weighted by molar-refractivity contribution is 9.11. The van der Waals surface area contributed by atoms with Crippen molar-refractivity contribution < 1.29 is 13.9 Å². The van der Waals surface area contributed by atoms with Crippen LogP contribution < -0.4 is 10.1 Å². The van der Waals surface area contributed by atoms with Crippen molar-refractivity contribution in [2.45, 2.75) is 6.61 Å². The Hall–Kier alpha value is -2.95. The Morgan fingerprint density at radius 1 is 1.07 bits per heavy atom. The van der Waals surface area contributed by atoms with E-state index in [9.17, 15) is 14.4 Å². The summed E-state index contributed by atoms with van der Waals surface area (Å²) in [7, 11) is 0. The van der Waals surface area contributed by atoms with Crippen molar-refractivity contribution in [3.8, 4) is 11.8 Å². The summed E-state index contributed by atoms with van der Waals surface area (Å²) in [6, 6.07) is 20.5. The maximum absolute atomic E-state index is 13.3. The number of anilines is 1. The molecule has 3 rings (SSSR count). The Bertz CT molecular complexity index is 1120. The van der Waals surface area contributed by atoms with Crippen LogP contribution in [-0.4, -0.2) is 5.91 Å². The van der Waals surface area contributed by atoms with Crippen LogP contribution >= 0.6 is 31.9 Å². The van der Waals surface area contributed by atoms with Crippen LogP contribution in [0.25, 0.3) is 6.08 Å². The van der Waals surface area contributed by atoms with Crippen LogP contribution in [0.5, 0.6) is 5.75 Å². The molecular formula is C23H15Br2FN2O2. The van der Waals surface area contributed by atoms with Crippen LogP contribution in [0.1, 0.15) is 11.1 Å². The summed E-state index contributed by atoms with van der Waals surface area (Å²) in [6.45, 7) is 0.188. The van der Waals surface area contributed by atoms with E-state index in [0.29, 0.717) is 31.5 Å². The van der Waals surface area contributed by atoms with Crippen LogP contribution in [0.4, 0.5) is 10.1 Å². The van der Waals surface area contributed by atoms with Gasteiger partial charge in [0.2, 0.25) is 0 Å². The summed E-state index contributed by atoms with van der Waals surface area (Å²) in [5, 5.41) is 12.1. The minimum atomic E-state index is -0.498. The number of carbonyl (C=O) groups is 1. The zero-order valence-electron chi connectivity index (χ0n) is 15.5. The van der Waals surface area contributed by atoms with Crippen LogP contribution in [0.2, 0.25) is 0 Å². The minimum Gasteiger partial charge on any atom is -0.487 e. The fourth-order valence-corrected chi connectivity index (χ4v) is 4.07. The summed E-state index contributed by atoms with van der Waals surface area (Å²) in [5.41, 5.74) is 1.90. The van der Waals surface area contributed by atoms with Crippen molar-refractivity contribution in [1.29, 1.82) is 5.26 Å². The molecule has 3 aromatic rings. The summed E-state index contributed by atoms with van der Waals surface area (Å²) in [6.07, 6.45) is 1.49. The van der Waals surface area contributed by atoms with Crippen molar-refractivity contribution in [1.82, 2.24) is 0 Å². The number of nitrogens with zero attached hydrogens (tertiary/aromatic N) is 1. The third-order valence-corrected chi connectivity index (χ3v) is 5.18. The molecule has 4 nitrogen and oxygen atoms in total. The zero-order chi connectivity index (χ0) is 21.5. The number of hydrogen-bond acceptors (Lipinski definition) is 3. The number of hydrogen-bond donors (Lipinski definition) is 1. The van der Waals surface area contributed by atoms with Crippen molar-refractivity contribution in [2.24, 2.45) is 0 Å². The summed E-state index contributed by atoms with van der Waals surface area (Å²) >= 11 is 6.89. The first-order valence-corrected chi connectivity index (χ1v) is 10.4. The molecule has 0 radical (unpaired) electrons. The van der Waals surface area contributed by atoms with E-state index in [1.165, 1.54) is 18.2 Å². The number of rotatable bonds is 6. The predicted molar refractivity (Wildman–Crippen MR) is 121 cm³/mol. The predicted octanol–water partition coefficient (Wildman–Crippen LogP) is 6.48. The molecule has 0 aliphatic heterocycles. The summed E-state index contributed by atoms with van der Waals surface area (Å²) in [5.74, 6) is -0.293. The fourth-order valence-electron chi connectivity index (χ4n) is 2.62. The zero-order valence-corrected chi connectivity index (χ0v) is 18.7. The molecule has 1 amide bonds. The topological polar surface area (TPSA) is 62.1 Å². The molecule has 0 aromatic heterocycles. The molecule has 7 heteroatoms. The fraction of sp³-hybridized carbons (Fsp3) is 0.0435. The van der Waals surface area contributed by atoms with Gasteiger partial charge in [-0.3, -0.25) is 4.79 Å². The first kappa shape index (κ1) is 21.8. The number of ether oxygens (including phenoxy) is 1. The molecule has 3 aromatic carbocycles. The lowest BCUT2D eigenvalue weighted by Gasteiger charge is -2.12. The van der Waals surface area contributed by atoms with Gasteiger partial charge in [0, 0.05) is 5.69 Å². The highest BCUT2D eigenvalue weighted by atomic mass is 79.9. The largest absolute Gasteiger partial charge is 0.487 e. The lowest BCUT2D eigenvalue weighted by atomic mass is 10.1. The minimum absolute atomic E-state index is 0.0360. The number of nitrogens with one attached hydrogen (secondary N) is 1. The molecule has 1 N–H and O–H groups in total. The van der Waals surface area contributed by atoms with E-state index in [2.05, 4.69) is 37.2 Å². The Labute approximate surface area is 190 Å². The SMILES string of the molecule is N#C/C(=C/c1cc(Br)c(OCc2cccc(F)c2)c(Br)c1)C(=O)Nc1ccccc1. The Kier molecular flexibility index (Phi) is 7.39. The van der Waals surface area contributed by atoms with E-state index in [0.717, 1.165) is 0 Å². The van der Waals surface area contributed by atoms with Gasteiger partial charge < -0.3 is 10.1 Å². The second-order valence-electron chi connectivity index (χ2n) is 6.22. The van der Waals surface area contributed by atoms with Gasteiger partial charge in [0.15, 0.2) is 0 Å². The standard InChI is InChI=1S/C23H15Br2FN2O2/c24-20-11-16(9-17(13-27)23(29)28-19-7-2-1-3-8-19)12-21(25)22(20)30-14-15-5-4-6-18(26)10-15/h1-12H,14H2,(H,28,29)/b17-9-. The normalized spacial score (nSPS) is 10.9. The molecule has 0 saturated carbocycles. The molecule has 0 atom stereocenters. The summed E-state index contributed by atoms with van der Waals surface area (Å²) < 4.78 is 20.4. The van der Waals surface area contributed by atoms with Gasteiger partial charge in [-0.15, -0.1) is 0 Å². The average Bonchev–Trinajstić information content (AvgIpc) is 2.72. The van der Waals surface area contributed by atoms with E-state index >= 15 is 0 Å². The molecule has 0 saturated heterocycles. The van der Waals surface area contributed by atoms with Gasteiger partial charge in [-0.05, 0) is 85.5 Å². The second-order valence-corrected chi connectivity index (χ2v) is 7.93. The van der Waals surface area contributed by atoms with Crippen LogP contribution in [0.3, 0.4) is 0 Å². The van der Waals surface area contributed by atoms with E-state index < -0.39 is 5.91 Å². The van der Waals surface area contributed by atoms with Crippen molar-refractivity contribution in [3.05, 3.63) is 98.2 Å². The number of carbonyl (C=O) groups excluding carboxylic acids is 1. The van der Waals surface area contributed by atoms with E-state index in [-0.39, 0.29) is 18.0 Å². The van der Waals surface area contributed by atoms with E-state index in [1.807, 2.05) is 12.1 Å². The monoisotopic (exact) mass is 528 g/mol. The third kappa shape index (κ3) is 5.78. The van der Waals surface area contributed by atoms with Crippen LogP contribution in [0.15, 0.2) is 81.2 Å². The molecule has 0 unspecified atom stereocenters. The van der Waals surface area contributed by atoms with E-state index in [4.69, 9.17) is 4.74 Å². The second kappa shape index (κ2) is 10.2. The smallest absolute Gasteiger partial charge is 0.266 e. The van der Waals surface area contributed by atoms with Gasteiger partial charge >= 0.3 is 0 Å². The molecule has 0 bridgehead atoms. The van der Waals surface area contributed by atoms with E-state index in [1.54, 1.807) is 48.5 Å². The number of halogens is 3. The maximum Gasteiger partial charge on any atom is 0.266 e. The van der Waals surface area contributed by atoms with Crippen molar-refractivity contribution >= 4 is 49.5 Å². The average molecular weight is 530 g/mol. The molecule has 0 heterocycles. The lowest BCUT2D eigenvalue weighted by Crippen LogP contribution is -2.13. The van der Waals surface area contributed by atoms with Crippen molar-refractivity contribution in [3.63, 3.8) is 0 Å². The molecule has 0 aliphatic rings. The highest BCUT2D eigenvalue weighted by Gasteiger charge is 2.13. The van der Waals surface area contributed by atoms with Gasteiger partial charge in [-0.1, -0.05) is 30.3 Å². The van der Waals surface area contributed by atoms with Gasteiger partial charge in [0.1, 0.15) is 29.8 Å². The van der Waals surface area contributed by atoms with Gasteiger partial charge in [-0.25, -0.2) is 4.39 Å². The van der Waals surface area contributed by atoms with Gasteiger partial charge in [-0.2, -0.15) is 5.26 Å². The molecule has 150 valence electrons. The molecule has 30 heavy (non-hydrogen) atoms. The first-order chi connectivity index (χ1) is 14.5. The maximum atomic E-state index is 13.3. The first-order valence-electron chi connectivity index (χ1n) is 8.81. The number of benzene rings is 3. The molecule has 0 aliphatic carbocycles. The third-order valence-electron chi connectivity index (χ3n) is 4.00. The molecular weight excluding hydrogens is 515 g/mol. The number of nitriles is 1. The van der Waals surface area contributed by atoms with Crippen LogP contribution in [0, 0.1) is 17.1 Å². The van der Waals surface area contributed by atoms with Crippen LogP contribution in [-0.2, 0) is 11.4 Å². The quantitative estimate of drug-likeness (QED) is 0.294. The number of amides is 1. The summed E-state index contributed by atoms with van der Waals surface area (Å²) in [4.78, 5) is 12.4. The van der Waals surface area contributed by atoms with Gasteiger partial charge in [0.25, 0.3) is 5.91 Å². The Balaban J connectivity index is 1.77. The Morgan fingerprint density at radius 2 is 1.77 bits per heavy atom. The molecule has 0 fully saturated rings. The lowest BCUT2D eigenvalue weighted by molar-refractivity contribution is -0.112. The highest BCUT2D eigenvalue weighted by Crippen LogP contribution is 2.36. The van der Waals surface area contributed by atoms with Gasteiger partial charge in [0.05, 0.1) is 8.95 Å². The number of para-hydroxylation sites is 1. The molecule has 0 spiro atoms. The Morgan fingerprint density at radius 3 is 2.40 bits per heavy atom.